The van der Waals surface area contributed by atoms with Crippen LogP contribution in [0.3, 0.4) is 0 Å². The smallest absolute Gasteiger partial charge is 0.145 e. The minimum atomic E-state index is -0.514. The topological polar surface area (TPSA) is 35.2 Å². The van der Waals surface area contributed by atoms with Crippen molar-refractivity contribution in [3.8, 4) is 5.75 Å². The van der Waals surface area contributed by atoms with E-state index < -0.39 is 5.82 Å². The SMILES string of the molecule is CC(C)COc1cc(F)c(Cl)cc1N. The summed E-state index contributed by atoms with van der Waals surface area (Å²) in [6.45, 7) is 4.51. The van der Waals surface area contributed by atoms with Gasteiger partial charge in [0.1, 0.15) is 11.6 Å². The van der Waals surface area contributed by atoms with Gasteiger partial charge in [-0.15, -0.1) is 0 Å². The van der Waals surface area contributed by atoms with Crippen molar-refractivity contribution in [2.45, 2.75) is 13.8 Å². The Balaban J connectivity index is 2.82. The van der Waals surface area contributed by atoms with Crippen LogP contribution in [0.2, 0.25) is 5.02 Å². The number of hydrogen-bond donors (Lipinski definition) is 1. The third kappa shape index (κ3) is 2.77. The lowest BCUT2D eigenvalue weighted by molar-refractivity contribution is 0.271. The minimum absolute atomic E-state index is 0.0133. The largest absolute Gasteiger partial charge is 0.491 e. The molecule has 0 amide bonds. The summed E-state index contributed by atoms with van der Waals surface area (Å²) >= 11 is 5.54. The van der Waals surface area contributed by atoms with E-state index in [0.717, 1.165) is 0 Å². The molecule has 78 valence electrons. The average Bonchev–Trinajstić information content (AvgIpc) is 2.09. The fourth-order valence-corrected chi connectivity index (χ4v) is 1.10. The number of benzene rings is 1. The van der Waals surface area contributed by atoms with E-state index >= 15 is 0 Å². The summed E-state index contributed by atoms with van der Waals surface area (Å²) < 4.78 is 18.3. The fourth-order valence-electron chi connectivity index (χ4n) is 0.925. The highest BCUT2D eigenvalue weighted by Gasteiger charge is 2.07. The monoisotopic (exact) mass is 217 g/mol. The van der Waals surface area contributed by atoms with Gasteiger partial charge in [-0.25, -0.2) is 4.39 Å². The highest BCUT2D eigenvalue weighted by atomic mass is 35.5. The van der Waals surface area contributed by atoms with Gasteiger partial charge in [0.25, 0.3) is 0 Å². The number of nitrogens with two attached hydrogens (primary N) is 1. The van der Waals surface area contributed by atoms with Crippen LogP contribution in [0.1, 0.15) is 13.8 Å². The predicted molar refractivity (Wildman–Crippen MR) is 56.2 cm³/mol. The molecule has 1 aromatic carbocycles. The second-order valence-electron chi connectivity index (χ2n) is 3.51. The number of rotatable bonds is 3. The van der Waals surface area contributed by atoms with Crippen LogP contribution in [0, 0.1) is 11.7 Å². The maximum absolute atomic E-state index is 13.0. The normalized spacial score (nSPS) is 10.6. The van der Waals surface area contributed by atoms with E-state index in [1.54, 1.807) is 0 Å². The van der Waals surface area contributed by atoms with Gasteiger partial charge in [-0.05, 0) is 12.0 Å². The Hall–Kier alpha value is -0.960. The van der Waals surface area contributed by atoms with Gasteiger partial charge in [-0.1, -0.05) is 25.4 Å². The summed E-state index contributed by atoms with van der Waals surface area (Å²) in [6.07, 6.45) is 0. The fraction of sp³-hybridized carbons (Fsp3) is 0.400. The third-order valence-corrected chi connectivity index (χ3v) is 1.91. The summed E-state index contributed by atoms with van der Waals surface area (Å²) in [6, 6.07) is 2.56. The first kappa shape index (κ1) is 11.1. The molecular formula is C10H13ClFNO. The van der Waals surface area contributed by atoms with Gasteiger partial charge < -0.3 is 10.5 Å². The lowest BCUT2D eigenvalue weighted by atomic mass is 10.2. The van der Waals surface area contributed by atoms with Crippen molar-refractivity contribution < 1.29 is 9.13 Å². The maximum atomic E-state index is 13.0. The van der Waals surface area contributed by atoms with Crippen LogP contribution in [-0.2, 0) is 0 Å². The summed E-state index contributed by atoms with van der Waals surface area (Å²) in [5, 5.41) is 0.0133. The molecule has 0 aliphatic rings. The Kier molecular flexibility index (Phi) is 3.58. The number of ether oxygens (including phenoxy) is 1. The Morgan fingerprint density at radius 1 is 1.50 bits per heavy atom. The summed E-state index contributed by atoms with van der Waals surface area (Å²) in [5.41, 5.74) is 5.96. The Labute approximate surface area is 87.8 Å². The van der Waals surface area contributed by atoms with Crippen molar-refractivity contribution in [3.05, 3.63) is 23.0 Å². The first-order valence-electron chi connectivity index (χ1n) is 4.38. The average molecular weight is 218 g/mol. The molecule has 1 aromatic rings. The van der Waals surface area contributed by atoms with Crippen molar-refractivity contribution in [1.82, 2.24) is 0 Å². The molecule has 0 radical (unpaired) electrons. The number of halogens is 2. The van der Waals surface area contributed by atoms with E-state index in [9.17, 15) is 4.39 Å². The molecule has 2 N–H and O–H groups in total. The molecule has 14 heavy (non-hydrogen) atoms. The molecule has 4 heteroatoms. The second kappa shape index (κ2) is 4.51. The van der Waals surface area contributed by atoms with Crippen molar-refractivity contribution in [2.75, 3.05) is 12.3 Å². The highest BCUT2D eigenvalue weighted by molar-refractivity contribution is 6.31. The van der Waals surface area contributed by atoms with Crippen molar-refractivity contribution in [2.24, 2.45) is 5.92 Å². The summed E-state index contributed by atoms with van der Waals surface area (Å²) in [5.74, 6) is 0.202. The summed E-state index contributed by atoms with van der Waals surface area (Å²) in [4.78, 5) is 0. The quantitative estimate of drug-likeness (QED) is 0.790. The molecule has 0 bridgehead atoms. The van der Waals surface area contributed by atoms with Gasteiger partial charge in [0.15, 0.2) is 0 Å². The zero-order valence-corrected chi connectivity index (χ0v) is 8.94. The third-order valence-electron chi connectivity index (χ3n) is 1.62. The molecule has 0 atom stereocenters. The van der Waals surface area contributed by atoms with Gasteiger partial charge in [0, 0.05) is 6.07 Å². The summed E-state index contributed by atoms with van der Waals surface area (Å²) in [7, 11) is 0. The maximum Gasteiger partial charge on any atom is 0.145 e. The Bertz CT molecular complexity index is 328. The van der Waals surface area contributed by atoms with Crippen LogP contribution < -0.4 is 10.5 Å². The molecular weight excluding hydrogens is 205 g/mol. The van der Waals surface area contributed by atoms with Crippen LogP contribution in [0.25, 0.3) is 0 Å². The molecule has 0 saturated heterocycles. The van der Waals surface area contributed by atoms with E-state index in [1.807, 2.05) is 13.8 Å². The van der Waals surface area contributed by atoms with Gasteiger partial charge in [0.05, 0.1) is 17.3 Å². The molecule has 0 aromatic heterocycles. The van der Waals surface area contributed by atoms with Crippen LogP contribution in [0.4, 0.5) is 10.1 Å². The molecule has 0 heterocycles. The zero-order valence-electron chi connectivity index (χ0n) is 8.18. The predicted octanol–water partition coefficient (Wildman–Crippen LogP) is 3.10. The van der Waals surface area contributed by atoms with E-state index in [0.29, 0.717) is 24.0 Å². The molecule has 0 aliphatic heterocycles. The van der Waals surface area contributed by atoms with Crippen molar-refractivity contribution in [3.63, 3.8) is 0 Å². The van der Waals surface area contributed by atoms with Crippen LogP contribution in [0.5, 0.6) is 5.75 Å². The number of hydrogen-bond acceptors (Lipinski definition) is 2. The van der Waals surface area contributed by atoms with Gasteiger partial charge in [-0.3, -0.25) is 0 Å². The first-order valence-corrected chi connectivity index (χ1v) is 4.76. The molecule has 0 aliphatic carbocycles. The van der Waals surface area contributed by atoms with E-state index in [2.05, 4.69) is 0 Å². The molecule has 0 fully saturated rings. The molecule has 0 unspecified atom stereocenters. The van der Waals surface area contributed by atoms with E-state index in [4.69, 9.17) is 22.1 Å². The van der Waals surface area contributed by atoms with Crippen LogP contribution in [0.15, 0.2) is 12.1 Å². The first-order chi connectivity index (χ1) is 6.50. The molecule has 1 rings (SSSR count). The number of anilines is 1. The standard InChI is InChI=1S/C10H13ClFNO/c1-6(2)5-14-10-4-8(12)7(11)3-9(10)13/h3-4,6H,5,13H2,1-2H3. The van der Waals surface area contributed by atoms with Crippen LogP contribution in [-0.4, -0.2) is 6.61 Å². The molecule has 0 spiro atoms. The second-order valence-corrected chi connectivity index (χ2v) is 3.92. The lowest BCUT2D eigenvalue weighted by Gasteiger charge is -2.11. The lowest BCUT2D eigenvalue weighted by Crippen LogP contribution is -2.06. The number of nitrogen functional groups attached to an aromatic ring is 1. The Morgan fingerprint density at radius 2 is 2.14 bits per heavy atom. The Morgan fingerprint density at radius 3 is 2.71 bits per heavy atom. The molecule has 0 saturated carbocycles. The van der Waals surface area contributed by atoms with E-state index in [-0.39, 0.29) is 5.02 Å². The van der Waals surface area contributed by atoms with Crippen molar-refractivity contribution in [1.29, 1.82) is 0 Å². The van der Waals surface area contributed by atoms with Gasteiger partial charge in [-0.2, -0.15) is 0 Å². The molecule has 2 nitrogen and oxygen atoms in total. The highest BCUT2D eigenvalue weighted by Crippen LogP contribution is 2.28. The van der Waals surface area contributed by atoms with Crippen LogP contribution >= 0.6 is 11.6 Å². The van der Waals surface area contributed by atoms with Crippen molar-refractivity contribution >= 4 is 17.3 Å². The minimum Gasteiger partial charge on any atom is -0.491 e. The van der Waals surface area contributed by atoms with E-state index in [1.165, 1.54) is 12.1 Å². The van der Waals surface area contributed by atoms with Gasteiger partial charge >= 0.3 is 0 Å². The zero-order chi connectivity index (χ0) is 10.7. The van der Waals surface area contributed by atoms with Gasteiger partial charge in [0.2, 0.25) is 0 Å².